The van der Waals surface area contributed by atoms with E-state index in [4.69, 9.17) is 4.74 Å². The number of carbonyl (C=O) groups excluding carboxylic acids is 1. The Balaban J connectivity index is 2.43. The summed E-state index contributed by atoms with van der Waals surface area (Å²) in [5, 5.41) is 8.67. The van der Waals surface area contributed by atoms with E-state index in [1.807, 2.05) is 60.7 Å². The van der Waals surface area contributed by atoms with Crippen LogP contribution in [0.4, 0.5) is 4.79 Å². The number of allylic oxidation sites excluding steroid dienone is 1. The van der Waals surface area contributed by atoms with Crippen LogP contribution in [0.2, 0.25) is 0 Å². The smallest absolute Gasteiger partial charge is 0.447 e. The first-order valence-corrected chi connectivity index (χ1v) is 9.33. The number of benzene rings is 2. The zero-order chi connectivity index (χ0) is 17.4. The molecule has 6 heteroatoms. The lowest BCUT2D eigenvalue weighted by Gasteiger charge is -2.15. The molecule has 0 unspecified atom stereocenters. The fourth-order valence-corrected chi connectivity index (χ4v) is 4.56. The lowest BCUT2D eigenvalue weighted by Crippen LogP contribution is -2.14. The molecule has 0 fully saturated rings. The van der Waals surface area contributed by atoms with Crippen LogP contribution in [0.5, 0.6) is 0 Å². The fourth-order valence-electron chi connectivity index (χ4n) is 2.16. The molecule has 0 aromatic heterocycles. The van der Waals surface area contributed by atoms with Crippen molar-refractivity contribution in [3.8, 4) is 0 Å². The molecular formula is C18H19N2O3P. The summed E-state index contributed by atoms with van der Waals surface area (Å²) in [5.74, 6) is 1.57. The molecule has 5 nitrogen and oxygen atoms in total. The fraction of sp³-hybridized carbons (Fsp3) is 0.167. The van der Waals surface area contributed by atoms with Gasteiger partial charge < -0.3 is 9.30 Å². The maximum atomic E-state index is 13.7. The molecule has 0 bridgehead atoms. The van der Waals surface area contributed by atoms with Gasteiger partial charge in [-0.25, -0.2) is 4.79 Å². The highest BCUT2D eigenvalue weighted by Gasteiger charge is 2.24. The predicted octanol–water partition coefficient (Wildman–Crippen LogP) is 4.47. The Bertz CT molecular complexity index is 743. The summed E-state index contributed by atoms with van der Waals surface area (Å²) in [5.41, 5.74) is 0.388. The summed E-state index contributed by atoms with van der Waals surface area (Å²) < 4.78 is 18.4. The molecule has 0 saturated carbocycles. The van der Waals surface area contributed by atoms with Crippen molar-refractivity contribution in [2.75, 3.05) is 6.61 Å². The Morgan fingerprint density at radius 3 is 1.96 bits per heavy atom. The highest BCUT2D eigenvalue weighted by atomic mass is 31.2. The molecule has 1 amide bonds. The van der Waals surface area contributed by atoms with E-state index in [1.54, 1.807) is 19.7 Å². The van der Waals surface area contributed by atoms with Crippen molar-refractivity contribution in [1.29, 1.82) is 0 Å². The van der Waals surface area contributed by atoms with E-state index in [2.05, 4.69) is 10.2 Å². The average Bonchev–Trinajstić information content (AvgIpc) is 2.62. The van der Waals surface area contributed by atoms with Crippen LogP contribution in [0, 0.1) is 0 Å². The molecule has 0 aliphatic rings. The predicted molar refractivity (Wildman–Crippen MR) is 95.4 cm³/mol. The summed E-state index contributed by atoms with van der Waals surface area (Å²) in [7, 11) is -3.02. The van der Waals surface area contributed by atoms with Gasteiger partial charge in [0.1, 0.15) is 0 Å². The maximum absolute atomic E-state index is 13.7. The van der Waals surface area contributed by atoms with Gasteiger partial charge in [0.15, 0.2) is 7.14 Å². The third kappa shape index (κ3) is 4.49. The molecule has 0 atom stereocenters. The van der Waals surface area contributed by atoms with E-state index in [0.717, 1.165) is 0 Å². The first kappa shape index (κ1) is 17.8. The average molecular weight is 342 g/mol. The molecule has 0 saturated heterocycles. The van der Waals surface area contributed by atoms with Crippen molar-refractivity contribution in [3.05, 3.63) is 72.2 Å². The van der Waals surface area contributed by atoms with Gasteiger partial charge in [0.05, 0.1) is 12.3 Å². The highest BCUT2D eigenvalue weighted by Crippen LogP contribution is 2.46. The second kappa shape index (κ2) is 8.37. The van der Waals surface area contributed by atoms with E-state index in [-0.39, 0.29) is 6.61 Å². The zero-order valence-corrected chi connectivity index (χ0v) is 14.5. The Morgan fingerprint density at radius 1 is 1.00 bits per heavy atom. The molecule has 2 rings (SSSR count). The normalized spacial score (nSPS) is 12.3. The third-order valence-corrected chi connectivity index (χ3v) is 6.07. The quantitative estimate of drug-likeness (QED) is 0.595. The SMILES string of the molecule is CCOC(=O)N=N/C(C)=C/P(=O)(c1ccccc1)c1ccccc1. The number of amides is 1. The van der Waals surface area contributed by atoms with Gasteiger partial charge in [-0.05, 0) is 13.8 Å². The monoisotopic (exact) mass is 342 g/mol. The second-order valence-electron chi connectivity index (χ2n) is 5.00. The summed E-state index contributed by atoms with van der Waals surface area (Å²) in [4.78, 5) is 11.3. The van der Waals surface area contributed by atoms with Gasteiger partial charge in [0.25, 0.3) is 0 Å². The van der Waals surface area contributed by atoms with Crippen LogP contribution in [0.25, 0.3) is 0 Å². The van der Waals surface area contributed by atoms with Crippen molar-refractivity contribution < 1.29 is 14.1 Å². The number of hydrogen-bond acceptors (Lipinski definition) is 4. The van der Waals surface area contributed by atoms with Crippen molar-refractivity contribution in [2.45, 2.75) is 13.8 Å². The largest absolute Gasteiger partial charge is 0.452 e. The number of carbonyl (C=O) groups is 1. The number of ether oxygens (including phenoxy) is 1. The second-order valence-corrected chi connectivity index (χ2v) is 7.61. The topological polar surface area (TPSA) is 68.1 Å². The van der Waals surface area contributed by atoms with Crippen molar-refractivity contribution in [2.24, 2.45) is 10.2 Å². The summed E-state index contributed by atoms with van der Waals surface area (Å²) in [6.07, 6.45) is -0.764. The van der Waals surface area contributed by atoms with Gasteiger partial charge >= 0.3 is 6.09 Å². The molecular weight excluding hydrogens is 323 g/mol. The van der Waals surface area contributed by atoms with Crippen molar-refractivity contribution >= 4 is 23.8 Å². The number of hydrogen-bond donors (Lipinski definition) is 0. The van der Waals surface area contributed by atoms with E-state index in [1.165, 1.54) is 0 Å². The van der Waals surface area contributed by atoms with E-state index in [9.17, 15) is 9.36 Å². The van der Waals surface area contributed by atoms with E-state index in [0.29, 0.717) is 16.3 Å². The number of nitrogens with zero attached hydrogens (tertiary/aromatic N) is 2. The Morgan fingerprint density at radius 2 is 1.50 bits per heavy atom. The lowest BCUT2D eigenvalue weighted by molar-refractivity contribution is 0.161. The molecule has 2 aromatic rings. The molecule has 0 aliphatic heterocycles. The number of azo groups is 1. The minimum atomic E-state index is -3.02. The van der Waals surface area contributed by atoms with Crippen LogP contribution in [0.1, 0.15) is 13.8 Å². The Labute approximate surface area is 141 Å². The molecule has 0 N–H and O–H groups in total. The number of rotatable bonds is 5. The van der Waals surface area contributed by atoms with Gasteiger partial charge in [-0.1, -0.05) is 65.8 Å². The standard InChI is InChI=1S/C18H19N2O3P/c1-3-23-18(21)20-19-15(2)14-24(22,16-10-6-4-7-11-16)17-12-8-5-9-13-17/h4-14H,3H2,1-2H3/b15-14+,20-19?. The van der Waals surface area contributed by atoms with Crippen LogP contribution in [0.15, 0.2) is 82.4 Å². The van der Waals surface area contributed by atoms with Gasteiger partial charge in [0, 0.05) is 16.4 Å². The van der Waals surface area contributed by atoms with Gasteiger partial charge in [-0.2, -0.15) is 0 Å². The third-order valence-electron chi connectivity index (χ3n) is 3.21. The molecule has 24 heavy (non-hydrogen) atoms. The van der Waals surface area contributed by atoms with Gasteiger partial charge in [-0.15, -0.1) is 5.11 Å². The van der Waals surface area contributed by atoms with Gasteiger partial charge in [-0.3, -0.25) is 0 Å². The lowest BCUT2D eigenvalue weighted by atomic mass is 10.4. The van der Waals surface area contributed by atoms with Crippen molar-refractivity contribution in [1.82, 2.24) is 0 Å². The Hall–Kier alpha value is -2.52. The summed E-state index contributed by atoms with van der Waals surface area (Å²) >= 11 is 0. The van der Waals surface area contributed by atoms with Crippen LogP contribution >= 0.6 is 7.14 Å². The molecule has 0 spiro atoms. The summed E-state index contributed by atoms with van der Waals surface area (Å²) in [6.45, 7) is 3.57. The van der Waals surface area contributed by atoms with E-state index < -0.39 is 13.2 Å². The minimum Gasteiger partial charge on any atom is -0.447 e. The van der Waals surface area contributed by atoms with Crippen LogP contribution in [-0.4, -0.2) is 12.7 Å². The Kier molecular flexibility index (Phi) is 6.21. The molecule has 2 aromatic carbocycles. The first-order chi connectivity index (χ1) is 11.6. The molecule has 124 valence electrons. The van der Waals surface area contributed by atoms with E-state index >= 15 is 0 Å². The molecule has 0 radical (unpaired) electrons. The highest BCUT2D eigenvalue weighted by molar-refractivity contribution is 7.81. The van der Waals surface area contributed by atoms with Gasteiger partial charge in [0.2, 0.25) is 0 Å². The first-order valence-electron chi connectivity index (χ1n) is 7.55. The zero-order valence-electron chi connectivity index (χ0n) is 13.6. The van der Waals surface area contributed by atoms with Crippen LogP contribution in [0.3, 0.4) is 0 Å². The summed E-state index contributed by atoms with van der Waals surface area (Å²) in [6, 6.07) is 18.4. The molecule has 0 aliphatic carbocycles. The van der Waals surface area contributed by atoms with Crippen LogP contribution in [-0.2, 0) is 9.30 Å². The molecule has 0 heterocycles. The minimum absolute atomic E-state index is 0.229. The maximum Gasteiger partial charge on any atom is 0.452 e. The van der Waals surface area contributed by atoms with Crippen LogP contribution < -0.4 is 10.6 Å². The van der Waals surface area contributed by atoms with Crippen molar-refractivity contribution in [3.63, 3.8) is 0 Å².